The normalized spacial score (nSPS) is 12.6. The first-order valence-electron chi connectivity index (χ1n) is 7.70. The average molecular weight is 332 g/mol. The van der Waals surface area contributed by atoms with Gasteiger partial charge in [-0.05, 0) is 31.2 Å². The molecule has 0 amide bonds. The van der Waals surface area contributed by atoms with Crippen LogP contribution in [0.2, 0.25) is 0 Å². The van der Waals surface area contributed by atoms with Crippen molar-refractivity contribution < 1.29 is 9.47 Å². The Balaban J connectivity index is 1.76. The van der Waals surface area contributed by atoms with Crippen LogP contribution in [0.1, 0.15) is 12.7 Å². The largest absolute Gasteiger partial charge is 0.497 e. The molecular formula is C16H24N6O2. The molecule has 0 fully saturated rings. The number of nitrogens with zero attached hydrogens (tertiary/aromatic N) is 4. The summed E-state index contributed by atoms with van der Waals surface area (Å²) in [6.45, 7) is 3.15. The monoisotopic (exact) mass is 332 g/mol. The lowest BCUT2D eigenvalue weighted by molar-refractivity contribution is 0.223. The van der Waals surface area contributed by atoms with Crippen LogP contribution in [0, 0.1) is 0 Å². The maximum atomic E-state index is 5.85. The molecular weight excluding hydrogens is 308 g/mol. The number of hydrogen-bond acceptors (Lipinski definition) is 5. The van der Waals surface area contributed by atoms with Gasteiger partial charge in [0.15, 0.2) is 5.96 Å². The minimum Gasteiger partial charge on any atom is -0.497 e. The highest BCUT2D eigenvalue weighted by atomic mass is 16.5. The second-order valence-electron chi connectivity index (χ2n) is 5.21. The fraction of sp³-hybridized carbons (Fsp3) is 0.438. The highest BCUT2D eigenvalue weighted by Gasteiger charge is 2.07. The fourth-order valence-corrected chi connectivity index (χ4v) is 2.03. The fourth-order valence-electron chi connectivity index (χ4n) is 2.03. The van der Waals surface area contributed by atoms with Gasteiger partial charge in [0.2, 0.25) is 0 Å². The second-order valence-corrected chi connectivity index (χ2v) is 5.21. The van der Waals surface area contributed by atoms with Gasteiger partial charge >= 0.3 is 0 Å². The number of methoxy groups -OCH3 is 1. The molecule has 2 aromatic rings. The van der Waals surface area contributed by atoms with E-state index in [2.05, 4.69) is 25.7 Å². The van der Waals surface area contributed by atoms with Gasteiger partial charge in [0, 0.05) is 14.1 Å². The summed E-state index contributed by atoms with van der Waals surface area (Å²) in [5, 5.41) is 10.4. The molecule has 0 saturated heterocycles. The topological polar surface area (TPSA) is 85.6 Å². The Hall–Kier alpha value is -2.77. The zero-order valence-corrected chi connectivity index (χ0v) is 14.5. The Kier molecular flexibility index (Phi) is 6.41. The molecule has 1 heterocycles. The van der Waals surface area contributed by atoms with Crippen LogP contribution in [0.3, 0.4) is 0 Å². The number of rotatable bonds is 7. The molecule has 1 atom stereocenters. The van der Waals surface area contributed by atoms with Gasteiger partial charge in [-0.2, -0.15) is 5.10 Å². The highest BCUT2D eigenvalue weighted by Crippen LogP contribution is 2.17. The molecule has 0 radical (unpaired) electrons. The molecule has 0 saturated carbocycles. The van der Waals surface area contributed by atoms with Crippen molar-refractivity contribution in [3.63, 3.8) is 0 Å². The van der Waals surface area contributed by atoms with Crippen molar-refractivity contribution in [2.75, 3.05) is 20.7 Å². The first kappa shape index (κ1) is 17.6. The van der Waals surface area contributed by atoms with E-state index in [1.807, 2.05) is 38.2 Å². The summed E-state index contributed by atoms with van der Waals surface area (Å²) in [4.78, 5) is 8.34. The molecule has 0 aliphatic heterocycles. The summed E-state index contributed by atoms with van der Waals surface area (Å²) < 4.78 is 12.7. The predicted octanol–water partition coefficient (Wildman–Crippen LogP) is 0.956. The van der Waals surface area contributed by atoms with Crippen molar-refractivity contribution in [3.05, 3.63) is 36.4 Å². The van der Waals surface area contributed by atoms with Crippen LogP contribution in [0.4, 0.5) is 0 Å². The molecule has 8 nitrogen and oxygen atoms in total. The van der Waals surface area contributed by atoms with E-state index in [1.165, 1.54) is 6.33 Å². The minimum atomic E-state index is -0.0215. The average Bonchev–Trinajstić information content (AvgIpc) is 3.01. The van der Waals surface area contributed by atoms with Crippen LogP contribution in [0.5, 0.6) is 11.5 Å². The lowest BCUT2D eigenvalue weighted by Gasteiger charge is -2.17. The molecule has 1 aromatic heterocycles. The maximum absolute atomic E-state index is 5.85. The van der Waals surface area contributed by atoms with Crippen LogP contribution in [-0.4, -0.2) is 47.5 Å². The number of aliphatic imine (C=N–C) groups is 1. The Morgan fingerprint density at radius 3 is 2.54 bits per heavy atom. The van der Waals surface area contributed by atoms with E-state index in [9.17, 15) is 0 Å². The third-order valence-corrected chi connectivity index (χ3v) is 3.40. The third kappa shape index (κ3) is 5.15. The molecule has 24 heavy (non-hydrogen) atoms. The molecule has 130 valence electrons. The van der Waals surface area contributed by atoms with E-state index in [1.54, 1.807) is 18.8 Å². The first-order chi connectivity index (χ1) is 11.6. The number of benzene rings is 1. The van der Waals surface area contributed by atoms with Crippen molar-refractivity contribution in [1.29, 1.82) is 0 Å². The van der Waals surface area contributed by atoms with E-state index in [4.69, 9.17) is 9.47 Å². The van der Waals surface area contributed by atoms with E-state index < -0.39 is 0 Å². The second kappa shape index (κ2) is 8.76. The lowest BCUT2D eigenvalue weighted by atomic mass is 10.3. The minimum absolute atomic E-state index is 0.0215. The number of guanidine groups is 1. The van der Waals surface area contributed by atoms with Crippen molar-refractivity contribution in [1.82, 2.24) is 25.4 Å². The Morgan fingerprint density at radius 2 is 1.96 bits per heavy atom. The Morgan fingerprint density at radius 1 is 1.25 bits per heavy atom. The van der Waals surface area contributed by atoms with Crippen molar-refractivity contribution in [2.45, 2.75) is 19.6 Å². The SMILES string of the molecule is CN=C(NCc1ncnn1C)NCC(C)Oc1ccc(OC)cc1. The molecule has 0 bridgehead atoms. The molecule has 2 N–H and O–H groups in total. The summed E-state index contributed by atoms with van der Waals surface area (Å²) in [5.41, 5.74) is 0. The lowest BCUT2D eigenvalue weighted by Crippen LogP contribution is -2.41. The first-order valence-corrected chi connectivity index (χ1v) is 7.70. The van der Waals surface area contributed by atoms with Gasteiger partial charge in [-0.3, -0.25) is 9.67 Å². The van der Waals surface area contributed by atoms with Crippen LogP contribution < -0.4 is 20.1 Å². The van der Waals surface area contributed by atoms with Crippen molar-refractivity contribution >= 4 is 5.96 Å². The smallest absolute Gasteiger partial charge is 0.191 e. The number of nitrogens with one attached hydrogen (secondary N) is 2. The van der Waals surface area contributed by atoms with Crippen LogP contribution >= 0.6 is 0 Å². The van der Waals surface area contributed by atoms with Gasteiger partial charge in [-0.1, -0.05) is 0 Å². The molecule has 0 aliphatic rings. The molecule has 2 rings (SSSR count). The molecule has 0 aliphatic carbocycles. The number of aromatic nitrogens is 3. The van der Waals surface area contributed by atoms with Gasteiger partial charge in [0.1, 0.15) is 29.8 Å². The Bertz CT molecular complexity index is 653. The van der Waals surface area contributed by atoms with Crippen LogP contribution in [0.25, 0.3) is 0 Å². The van der Waals surface area contributed by atoms with Gasteiger partial charge in [-0.25, -0.2) is 4.98 Å². The van der Waals surface area contributed by atoms with Gasteiger partial charge in [-0.15, -0.1) is 0 Å². The summed E-state index contributed by atoms with van der Waals surface area (Å²) in [6, 6.07) is 7.51. The van der Waals surface area contributed by atoms with E-state index >= 15 is 0 Å². The standard InChI is InChI=1S/C16H24N6O2/c1-12(24-14-7-5-13(23-4)6-8-14)9-18-16(17-2)19-10-15-20-11-21-22(15)3/h5-8,11-12H,9-10H2,1-4H3,(H2,17,18,19). The summed E-state index contributed by atoms with van der Waals surface area (Å²) in [7, 11) is 5.22. The van der Waals surface area contributed by atoms with Gasteiger partial charge in [0.25, 0.3) is 0 Å². The molecule has 1 aromatic carbocycles. The summed E-state index contributed by atoms with van der Waals surface area (Å²) in [6.07, 6.45) is 1.50. The van der Waals surface area contributed by atoms with Gasteiger partial charge in [0.05, 0.1) is 20.2 Å². The number of ether oxygens (including phenoxy) is 2. The maximum Gasteiger partial charge on any atom is 0.191 e. The zero-order valence-electron chi connectivity index (χ0n) is 14.5. The quantitative estimate of drug-likeness (QED) is 0.580. The van der Waals surface area contributed by atoms with Gasteiger partial charge < -0.3 is 20.1 Å². The van der Waals surface area contributed by atoms with E-state index in [-0.39, 0.29) is 6.10 Å². The molecule has 1 unspecified atom stereocenters. The zero-order chi connectivity index (χ0) is 17.4. The summed E-state index contributed by atoms with van der Waals surface area (Å²) in [5.74, 6) is 3.12. The molecule has 0 spiro atoms. The van der Waals surface area contributed by atoms with E-state index in [0.29, 0.717) is 19.0 Å². The number of aryl methyl sites for hydroxylation is 1. The van der Waals surface area contributed by atoms with Crippen molar-refractivity contribution in [2.24, 2.45) is 12.0 Å². The third-order valence-electron chi connectivity index (χ3n) is 3.40. The van der Waals surface area contributed by atoms with Crippen LogP contribution in [0.15, 0.2) is 35.6 Å². The summed E-state index contributed by atoms with van der Waals surface area (Å²) >= 11 is 0. The van der Waals surface area contributed by atoms with Crippen LogP contribution in [-0.2, 0) is 13.6 Å². The molecule has 8 heteroatoms. The number of hydrogen-bond donors (Lipinski definition) is 2. The Labute approximate surface area is 141 Å². The van der Waals surface area contributed by atoms with E-state index in [0.717, 1.165) is 17.3 Å². The highest BCUT2D eigenvalue weighted by molar-refractivity contribution is 5.79. The van der Waals surface area contributed by atoms with Crippen molar-refractivity contribution in [3.8, 4) is 11.5 Å². The predicted molar refractivity (Wildman–Crippen MR) is 92.3 cm³/mol.